The second-order valence-corrected chi connectivity index (χ2v) is 17.6. The summed E-state index contributed by atoms with van der Waals surface area (Å²) in [6, 6.07) is 76.6. The van der Waals surface area contributed by atoms with Crippen LogP contribution in [-0.4, -0.2) is 0 Å². The summed E-state index contributed by atoms with van der Waals surface area (Å²) in [5.74, 6) is 0. The molecule has 13 rings (SSSR count). The van der Waals surface area contributed by atoms with E-state index in [0.717, 1.165) is 88.4 Å². The lowest BCUT2D eigenvalue weighted by Crippen LogP contribution is -2.14. The molecule has 0 radical (unpaired) electrons. The van der Waals surface area contributed by atoms with E-state index in [1.165, 1.54) is 38.9 Å². The standard InChI is InChI=1S/C61H41NO2/c1-61(2)53-20-10-8-15-46(53)47-33-27-41(35-54(47)61)42-28-34-49-52-37-55(48-16-6-7-17-50(48)60(52)64-58(49)36-42)62(43-29-23-39(24-30-43)38-13-4-3-5-14-38)44-31-25-40(26-32-44)45-19-12-22-57-59(45)51-18-9-11-21-56(51)63-57/h3-37H,1-2H3. The van der Waals surface area contributed by atoms with Gasteiger partial charge in [0, 0.05) is 49.1 Å². The molecule has 0 unspecified atom stereocenters. The van der Waals surface area contributed by atoms with Gasteiger partial charge in [-0.25, -0.2) is 0 Å². The quantitative estimate of drug-likeness (QED) is 0.167. The van der Waals surface area contributed by atoms with E-state index in [0.29, 0.717) is 0 Å². The monoisotopic (exact) mass is 819 g/mol. The van der Waals surface area contributed by atoms with Crippen LogP contribution in [0.4, 0.5) is 17.1 Å². The van der Waals surface area contributed by atoms with E-state index in [4.69, 9.17) is 8.83 Å². The zero-order valence-electron chi connectivity index (χ0n) is 35.5. The number of fused-ring (bicyclic) bond motifs is 11. The first-order chi connectivity index (χ1) is 31.5. The summed E-state index contributed by atoms with van der Waals surface area (Å²) >= 11 is 0. The van der Waals surface area contributed by atoms with Crippen molar-refractivity contribution in [3.05, 3.63) is 223 Å². The number of furan rings is 2. The summed E-state index contributed by atoms with van der Waals surface area (Å²) in [7, 11) is 0. The zero-order valence-corrected chi connectivity index (χ0v) is 35.5. The van der Waals surface area contributed by atoms with Crippen LogP contribution in [0.15, 0.2) is 221 Å². The first-order valence-electron chi connectivity index (χ1n) is 22.1. The molecule has 2 aromatic heterocycles. The number of nitrogens with zero attached hydrogens (tertiary/aromatic N) is 1. The van der Waals surface area contributed by atoms with Crippen LogP contribution in [-0.2, 0) is 5.41 Å². The van der Waals surface area contributed by atoms with Gasteiger partial charge in [0.15, 0.2) is 0 Å². The van der Waals surface area contributed by atoms with Crippen LogP contribution in [0, 0.1) is 0 Å². The molecule has 2 heterocycles. The maximum absolute atomic E-state index is 6.92. The Morgan fingerprint density at radius 3 is 1.75 bits per heavy atom. The fraction of sp³-hybridized carbons (Fsp3) is 0.0492. The molecule has 0 bridgehead atoms. The minimum absolute atomic E-state index is 0.0719. The molecule has 10 aromatic carbocycles. The maximum Gasteiger partial charge on any atom is 0.143 e. The molecule has 0 fully saturated rings. The highest BCUT2D eigenvalue weighted by Crippen LogP contribution is 2.50. The van der Waals surface area contributed by atoms with Crippen LogP contribution in [0.1, 0.15) is 25.0 Å². The van der Waals surface area contributed by atoms with Gasteiger partial charge in [0.1, 0.15) is 22.3 Å². The molecular formula is C61H41NO2. The molecular weight excluding hydrogens is 779 g/mol. The molecule has 1 aliphatic rings. The fourth-order valence-corrected chi connectivity index (χ4v) is 10.5. The number of benzene rings is 10. The third-order valence-corrected chi connectivity index (χ3v) is 13.7. The van der Waals surface area contributed by atoms with E-state index in [-0.39, 0.29) is 5.41 Å². The van der Waals surface area contributed by atoms with Crippen LogP contribution >= 0.6 is 0 Å². The molecule has 0 saturated carbocycles. The van der Waals surface area contributed by atoms with E-state index in [2.05, 4.69) is 219 Å². The summed E-state index contributed by atoms with van der Waals surface area (Å²) in [6.07, 6.45) is 0. The maximum atomic E-state index is 6.92. The lowest BCUT2D eigenvalue weighted by molar-refractivity contribution is 0.660. The van der Waals surface area contributed by atoms with Crippen molar-refractivity contribution in [2.45, 2.75) is 19.3 Å². The highest BCUT2D eigenvalue weighted by atomic mass is 16.3. The molecule has 3 heteroatoms. The number of rotatable bonds is 6. The molecule has 0 aliphatic heterocycles. The van der Waals surface area contributed by atoms with Crippen LogP contribution in [0.2, 0.25) is 0 Å². The van der Waals surface area contributed by atoms with Gasteiger partial charge < -0.3 is 13.7 Å². The topological polar surface area (TPSA) is 29.5 Å². The number of anilines is 3. The van der Waals surface area contributed by atoms with Crippen molar-refractivity contribution in [3.63, 3.8) is 0 Å². The molecule has 0 spiro atoms. The largest absolute Gasteiger partial charge is 0.456 e. The van der Waals surface area contributed by atoms with E-state index in [1.807, 2.05) is 12.1 Å². The van der Waals surface area contributed by atoms with Gasteiger partial charge in [-0.1, -0.05) is 166 Å². The van der Waals surface area contributed by atoms with Crippen molar-refractivity contribution >= 4 is 71.7 Å². The minimum Gasteiger partial charge on any atom is -0.456 e. The Bertz CT molecular complexity index is 3800. The van der Waals surface area contributed by atoms with Crippen LogP contribution in [0.25, 0.3) is 99.2 Å². The van der Waals surface area contributed by atoms with E-state index >= 15 is 0 Å². The Kier molecular flexibility index (Phi) is 7.95. The lowest BCUT2D eigenvalue weighted by atomic mass is 9.81. The minimum atomic E-state index is -0.0719. The summed E-state index contributed by atoms with van der Waals surface area (Å²) in [5.41, 5.74) is 19.1. The van der Waals surface area contributed by atoms with Gasteiger partial charge >= 0.3 is 0 Å². The average Bonchev–Trinajstić information content (AvgIpc) is 3.99. The summed E-state index contributed by atoms with van der Waals surface area (Å²) < 4.78 is 13.2. The Labute approximate surface area is 371 Å². The Balaban J connectivity index is 0.964. The van der Waals surface area contributed by atoms with E-state index in [1.54, 1.807) is 0 Å². The zero-order chi connectivity index (χ0) is 42.5. The molecule has 0 amide bonds. The summed E-state index contributed by atoms with van der Waals surface area (Å²) in [4.78, 5) is 2.39. The predicted octanol–water partition coefficient (Wildman–Crippen LogP) is 17.4. The second kappa shape index (κ2) is 13.9. The molecule has 3 nitrogen and oxygen atoms in total. The number of hydrogen-bond donors (Lipinski definition) is 0. The molecule has 0 atom stereocenters. The Morgan fingerprint density at radius 1 is 0.344 bits per heavy atom. The SMILES string of the molecule is CC1(C)c2ccccc2-c2ccc(-c3ccc4c(c3)oc3c5ccccc5c(N(c5ccc(-c6ccccc6)cc5)c5ccc(-c6cccc7oc8ccccc8c67)cc5)cc43)cc21. The molecule has 302 valence electrons. The van der Waals surface area contributed by atoms with Gasteiger partial charge in [-0.3, -0.25) is 0 Å². The van der Waals surface area contributed by atoms with E-state index < -0.39 is 0 Å². The van der Waals surface area contributed by atoms with Crippen molar-refractivity contribution in [3.8, 4) is 44.5 Å². The Morgan fingerprint density at radius 2 is 0.938 bits per heavy atom. The van der Waals surface area contributed by atoms with Crippen molar-refractivity contribution in [1.29, 1.82) is 0 Å². The van der Waals surface area contributed by atoms with Gasteiger partial charge in [-0.2, -0.15) is 0 Å². The third kappa shape index (κ3) is 5.54. The van der Waals surface area contributed by atoms with Gasteiger partial charge in [-0.05, 0) is 116 Å². The summed E-state index contributed by atoms with van der Waals surface area (Å²) in [5, 5.41) is 6.62. The van der Waals surface area contributed by atoms with Crippen LogP contribution in [0.5, 0.6) is 0 Å². The smallest absolute Gasteiger partial charge is 0.143 e. The van der Waals surface area contributed by atoms with E-state index in [9.17, 15) is 0 Å². The van der Waals surface area contributed by atoms with Crippen LogP contribution in [0.3, 0.4) is 0 Å². The van der Waals surface area contributed by atoms with Gasteiger partial charge in [0.05, 0.1) is 5.69 Å². The highest BCUT2D eigenvalue weighted by molar-refractivity contribution is 6.20. The van der Waals surface area contributed by atoms with Gasteiger partial charge in [0.2, 0.25) is 0 Å². The van der Waals surface area contributed by atoms with Crippen molar-refractivity contribution < 1.29 is 8.83 Å². The second-order valence-electron chi connectivity index (χ2n) is 17.6. The van der Waals surface area contributed by atoms with Crippen molar-refractivity contribution in [2.24, 2.45) is 0 Å². The van der Waals surface area contributed by atoms with Crippen LogP contribution < -0.4 is 4.90 Å². The lowest BCUT2D eigenvalue weighted by Gasteiger charge is -2.27. The number of hydrogen-bond acceptors (Lipinski definition) is 3. The Hall–Kier alpha value is -8.14. The average molecular weight is 820 g/mol. The normalized spacial score (nSPS) is 13.0. The first kappa shape index (κ1) is 36.5. The third-order valence-electron chi connectivity index (χ3n) is 13.7. The fourth-order valence-electron chi connectivity index (χ4n) is 10.5. The molecule has 1 aliphatic carbocycles. The molecule has 0 N–H and O–H groups in total. The molecule has 64 heavy (non-hydrogen) atoms. The van der Waals surface area contributed by atoms with Gasteiger partial charge in [0.25, 0.3) is 0 Å². The van der Waals surface area contributed by atoms with Gasteiger partial charge in [-0.15, -0.1) is 0 Å². The number of para-hydroxylation sites is 1. The first-order valence-corrected chi connectivity index (χ1v) is 22.1. The summed E-state index contributed by atoms with van der Waals surface area (Å²) in [6.45, 7) is 4.68. The molecule has 0 saturated heterocycles. The van der Waals surface area contributed by atoms with Crippen molar-refractivity contribution in [1.82, 2.24) is 0 Å². The van der Waals surface area contributed by atoms with Crippen molar-refractivity contribution in [2.75, 3.05) is 4.90 Å². The predicted molar refractivity (Wildman–Crippen MR) is 267 cm³/mol. The molecule has 12 aromatic rings. The highest BCUT2D eigenvalue weighted by Gasteiger charge is 2.35.